The minimum Gasteiger partial charge on any atom is -0.399 e. The van der Waals surface area contributed by atoms with Gasteiger partial charge >= 0.3 is 0 Å². The lowest BCUT2D eigenvalue weighted by atomic mass is 10.0. The number of aryl methyl sites for hydroxylation is 1. The zero-order chi connectivity index (χ0) is 20.8. The average Bonchev–Trinajstić information content (AvgIpc) is 2.79. The molecule has 4 aromatic rings. The van der Waals surface area contributed by atoms with Gasteiger partial charge in [0.15, 0.2) is 0 Å². The minimum atomic E-state index is -0.275. The molecule has 5 nitrogen and oxygen atoms in total. The van der Waals surface area contributed by atoms with Crippen LogP contribution < -0.4 is 11.1 Å². The van der Waals surface area contributed by atoms with Gasteiger partial charge in [-0.2, -0.15) is 0 Å². The van der Waals surface area contributed by atoms with E-state index in [2.05, 4.69) is 15.3 Å². The highest BCUT2D eigenvalue weighted by atomic mass is 19.1. The summed E-state index contributed by atoms with van der Waals surface area (Å²) in [5.74, 6) is 0.274. The van der Waals surface area contributed by atoms with Crippen molar-refractivity contribution in [3.05, 3.63) is 90.6 Å². The van der Waals surface area contributed by atoms with E-state index in [4.69, 9.17) is 10.7 Å². The first-order chi connectivity index (χ1) is 14.7. The van der Waals surface area contributed by atoms with Crippen LogP contribution in [0.4, 0.5) is 16.0 Å². The van der Waals surface area contributed by atoms with Crippen LogP contribution in [0.15, 0.2) is 79.3 Å². The lowest BCUT2D eigenvalue weighted by Crippen LogP contribution is -2.08. The molecule has 0 aliphatic rings. The Morgan fingerprint density at radius 3 is 2.43 bits per heavy atom. The fourth-order valence-electron chi connectivity index (χ4n) is 3.28. The van der Waals surface area contributed by atoms with Crippen molar-refractivity contribution in [2.24, 2.45) is 0 Å². The fraction of sp³-hybridized carbons (Fsp3) is 0.125. The fourth-order valence-corrected chi connectivity index (χ4v) is 3.28. The maximum absolute atomic E-state index is 13.4. The molecule has 4 rings (SSSR count). The molecule has 0 saturated carbocycles. The maximum Gasteiger partial charge on any atom is 0.223 e. The largest absolute Gasteiger partial charge is 0.399 e. The molecule has 150 valence electrons. The van der Waals surface area contributed by atoms with Gasteiger partial charge in [0.1, 0.15) is 5.82 Å². The van der Waals surface area contributed by atoms with Crippen molar-refractivity contribution >= 4 is 11.6 Å². The van der Waals surface area contributed by atoms with E-state index >= 15 is 0 Å². The second kappa shape index (κ2) is 9.13. The highest BCUT2D eigenvalue weighted by molar-refractivity contribution is 5.80. The van der Waals surface area contributed by atoms with Crippen molar-refractivity contribution in [2.75, 3.05) is 17.6 Å². The number of benzene rings is 2. The smallest absolute Gasteiger partial charge is 0.223 e. The van der Waals surface area contributed by atoms with E-state index in [-0.39, 0.29) is 5.82 Å². The van der Waals surface area contributed by atoms with Crippen LogP contribution in [-0.4, -0.2) is 21.5 Å². The highest BCUT2D eigenvalue weighted by Gasteiger charge is 2.12. The molecule has 2 heterocycles. The zero-order valence-corrected chi connectivity index (χ0v) is 16.4. The Kier molecular flexibility index (Phi) is 5.94. The van der Waals surface area contributed by atoms with E-state index in [1.54, 1.807) is 30.7 Å². The molecule has 0 fully saturated rings. The van der Waals surface area contributed by atoms with Gasteiger partial charge in [0.2, 0.25) is 5.95 Å². The summed E-state index contributed by atoms with van der Waals surface area (Å²) in [6.45, 7) is 0.722. The molecule has 3 N–H and O–H groups in total. The topological polar surface area (TPSA) is 76.7 Å². The number of aromatic nitrogens is 3. The molecule has 30 heavy (non-hydrogen) atoms. The Morgan fingerprint density at radius 2 is 1.67 bits per heavy atom. The Hall–Kier alpha value is -3.80. The van der Waals surface area contributed by atoms with Gasteiger partial charge in [-0.1, -0.05) is 30.3 Å². The molecule has 6 heteroatoms. The summed E-state index contributed by atoms with van der Waals surface area (Å²) < 4.78 is 13.4. The number of nitrogens with two attached hydrogens (primary N) is 1. The van der Waals surface area contributed by atoms with Gasteiger partial charge in [0.05, 0.1) is 5.69 Å². The van der Waals surface area contributed by atoms with Crippen LogP contribution >= 0.6 is 0 Å². The summed E-state index contributed by atoms with van der Waals surface area (Å²) in [4.78, 5) is 13.3. The van der Waals surface area contributed by atoms with Gasteiger partial charge in [0.25, 0.3) is 0 Å². The van der Waals surface area contributed by atoms with Gasteiger partial charge in [-0.3, -0.25) is 4.98 Å². The van der Waals surface area contributed by atoms with Crippen LogP contribution in [-0.2, 0) is 6.42 Å². The number of pyridine rings is 1. The third kappa shape index (κ3) is 4.60. The number of para-hydroxylation sites is 1. The molecule has 0 aliphatic heterocycles. The van der Waals surface area contributed by atoms with Crippen molar-refractivity contribution in [3.63, 3.8) is 0 Å². The van der Waals surface area contributed by atoms with Crippen molar-refractivity contribution in [2.45, 2.75) is 12.8 Å². The van der Waals surface area contributed by atoms with Crippen LogP contribution in [0.2, 0.25) is 0 Å². The molecule has 2 aromatic carbocycles. The van der Waals surface area contributed by atoms with E-state index in [9.17, 15) is 4.39 Å². The molecule has 0 saturated heterocycles. The standard InChI is InChI=1S/C24H22FN5/c25-20-9-7-17(8-10-20)21-16-29-24(30-23(21)19-11-14-27-15-12-19)28-13-3-5-18-4-1-2-6-22(18)26/h1-2,4,6-12,14-16H,3,5,13,26H2,(H,28,29,30). The van der Waals surface area contributed by atoms with E-state index in [1.165, 1.54) is 12.1 Å². The summed E-state index contributed by atoms with van der Waals surface area (Å²) in [5.41, 5.74) is 11.4. The number of nitrogens with one attached hydrogen (secondary N) is 1. The number of anilines is 2. The summed E-state index contributed by atoms with van der Waals surface area (Å²) in [6.07, 6.45) is 7.01. The van der Waals surface area contributed by atoms with Crippen molar-refractivity contribution in [3.8, 4) is 22.4 Å². The van der Waals surface area contributed by atoms with Gasteiger partial charge in [0, 0.05) is 41.9 Å². The first-order valence-electron chi connectivity index (χ1n) is 9.81. The van der Waals surface area contributed by atoms with Crippen molar-refractivity contribution < 1.29 is 4.39 Å². The number of hydrogen-bond acceptors (Lipinski definition) is 5. The molecule has 0 atom stereocenters. The maximum atomic E-state index is 13.4. The molecule has 0 amide bonds. The second-order valence-corrected chi connectivity index (χ2v) is 6.93. The summed E-state index contributed by atoms with van der Waals surface area (Å²) >= 11 is 0. The number of hydrogen-bond donors (Lipinski definition) is 2. The number of nitrogens with zero attached hydrogens (tertiary/aromatic N) is 3. The summed E-state index contributed by atoms with van der Waals surface area (Å²) in [5, 5.41) is 3.29. The minimum absolute atomic E-state index is 0.275. The van der Waals surface area contributed by atoms with Crippen molar-refractivity contribution in [1.29, 1.82) is 0 Å². The van der Waals surface area contributed by atoms with E-state index in [0.717, 1.165) is 53.0 Å². The number of halogens is 1. The normalized spacial score (nSPS) is 10.7. The number of rotatable bonds is 7. The van der Waals surface area contributed by atoms with Gasteiger partial charge < -0.3 is 11.1 Å². The van der Waals surface area contributed by atoms with E-state index < -0.39 is 0 Å². The Balaban J connectivity index is 1.53. The molecule has 0 bridgehead atoms. The molecule has 0 radical (unpaired) electrons. The van der Waals surface area contributed by atoms with E-state index in [0.29, 0.717) is 5.95 Å². The Morgan fingerprint density at radius 1 is 0.900 bits per heavy atom. The molecule has 0 aliphatic carbocycles. The van der Waals surface area contributed by atoms with E-state index in [1.807, 2.05) is 36.4 Å². The third-order valence-corrected chi connectivity index (χ3v) is 4.86. The monoisotopic (exact) mass is 399 g/mol. The van der Waals surface area contributed by atoms with Gasteiger partial charge in [-0.05, 0) is 54.3 Å². The first-order valence-corrected chi connectivity index (χ1v) is 9.81. The van der Waals surface area contributed by atoms with Crippen LogP contribution in [0, 0.1) is 5.82 Å². The lowest BCUT2D eigenvalue weighted by molar-refractivity contribution is 0.628. The Bertz CT molecular complexity index is 1110. The molecular weight excluding hydrogens is 377 g/mol. The lowest BCUT2D eigenvalue weighted by Gasteiger charge is -2.12. The second-order valence-electron chi connectivity index (χ2n) is 6.93. The number of nitrogen functional groups attached to an aromatic ring is 1. The quantitative estimate of drug-likeness (QED) is 0.339. The third-order valence-electron chi connectivity index (χ3n) is 4.86. The Labute approximate surface area is 174 Å². The molecular formula is C24H22FN5. The van der Waals surface area contributed by atoms with Crippen LogP contribution in [0.1, 0.15) is 12.0 Å². The predicted octanol–water partition coefficient (Wildman–Crippen LogP) is 4.97. The highest BCUT2D eigenvalue weighted by Crippen LogP contribution is 2.30. The molecule has 0 spiro atoms. The zero-order valence-electron chi connectivity index (χ0n) is 16.4. The summed E-state index contributed by atoms with van der Waals surface area (Å²) in [6, 6.07) is 18.0. The molecule has 2 aromatic heterocycles. The van der Waals surface area contributed by atoms with Crippen molar-refractivity contribution in [1.82, 2.24) is 15.0 Å². The first kappa shape index (κ1) is 19.5. The summed E-state index contributed by atoms with van der Waals surface area (Å²) in [7, 11) is 0. The molecule has 0 unspecified atom stereocenters. The average molecular weight is 399 g/mol. The van der Waals surface area contributed by atoms with Gasteiger partial charge in [-0.25, -0.2) is 14.4 Å². The predicted molar refractivity (Wildman–Crippen MR) is 118 cm³/mol. The van der Waals surface area contributed by atoms with Gasteiger partial charge in [-0.15, -0.1) is 0 Å². The van der Waals surface area contributed by atoms with Crippen LogP contribution in [0.25, 0.3) is 22.4 Å². The van der Waals surface area contributed by atoms with Crippen LogP contribution in [0.5, 0.6) is 0 Å². The SMILES string of the molecule is Nc1ccccc1CCCNc1ncc(-c2ccc(F)cc2)c(-c2ccncc2)n1. The van der Waals surface area contributed by atoms with Crippen LogP contribution in [0.3, 0.4) is 0 Å².